The lowest BCUT2D eigenvalue weighted by Crippen LogP contribution is -2.39. The number of imidazole rings is 1. The minimum Gasteiger partial charge on any atom is -0.357 e. The van der Waals surface area contributed by atoms with Crippen LogP contribution < -0.4 is 10.6 Å². The summed E-state index contributed by atoms with van der Waals surface area (Å²) in [4.78, 5) is 20.5. The number of aromatic nitrogens is 3. The Morgan fingerprint density at radius 2 is 2.10 bits per heavy atom. The Bertz CT molecular complexity index is 605. The molecule has 2 rings (SSSR count). The molecule has 6 heteroatoms. The summed E-state index contributed by atoms with van der Waals surface area (Å²) < 4.78 is 1.92. The Morgan fingerprint density at radius 3 is 2.80 bits per heavy atom. The lowest BCUT2D eigenvalue weighted by molar-refractivity contribution is -0.121. The van der Waals surface area contributed by atoms with Gasteiger partial charge in [0.2, 0.25) is 5.91 Å². The molecule has 2 aromatic heterocycles. The summed E-state index contributed by atoms with van der Waals surface area (Å²) in [5.41, 5.74) is 1.76. The number of pyridine rings is 1. The first-order valence-corrected chi connectivity index (χ1v) is 6.79. The van der Waals surface area contributed by atoms with Gasteiger partial charge in [0, 0.05) is 19.8 Å². The Hall–Kier alpha value is -2.11. The van der Waals surface area contributed by atoms with Crippen LogP contribution in [-0.2, 0) is 11.8 Å². The highest BCUT2D eigenvalue weighted by Gasteiger charge is 2.15. The van der Waals surface area contributed by atoms with Crippen LogP contribution in [0.15, 0.2) is 18.6 Å². The number of carbonyl (C=O) groups excluding carboxylic acids is 1. The van der Waals surface area contributed by atoms with Crippen molar-refractivity contribution in [2.75, 3.05) is 11.9 Å². The van der Waals surface area contributed by atoms with Crippen LogP contribution in [0.3, 0.4) is 0 Å². The van der Waals surface area contributed by atoms with Crippen LogP contribution in [-0.4, -0.2) is 33.0 Å². The highest BCUT2D eigenvalue weighted by atomic mass is 16.2. The third-order valence-electron chi connectivity index (χ3n) is 3.07. The molecule has 2 N–H and O–H groups in total. The summed E-state index contributed by atoms with van der Waals surface area (Å²) in [6.45, 7) is 6.62. The summed E-state index contributed by atoms with van der Waals surface area (Å²) in [6.07, 6.45) is 3.45. The average Bonchev–Trinajstić information content (AvgIpc) is 2.79. The van der Waals surface area contributed by atoms with E-state index in [4.69, 9.17) is 0 Å². The largest absolute Gasteiger partial charge is 0.357 e. The fourth-order valence-electron chi connectivity index (χ4n) is 1.90. The van der Waals surface area contributed by atoms with E-state index in [2.05, 4.69) is 34.4 Å². The molecular formula is C14H21N5O. The van der Waals surface area contributed by atoms with Gasteiger partial charge in [-0.2, -0.15) is 0 Å². The number of nitrogens with zero attached hydrogens (tertiary/aromatic N) is 3. The fourth-order valence-corrected chi connectivity index (χ4v) is 1.90. The highest BCUT2D eigenvalue weighted by Crippen LogP contribution is 2.19. The molecule has 0 saturated heterocycles. The number of carbonyl (C=O) groups is 1. The van der Waals surface area contributed by atoms with Crippen LogP contribution in [0, 0.1) is 5.92 Å². The first-order chi connectivity index (χ1) is 9.49. The number of amides is 1. The van der Waals surface area contributed by atoms with Crippen molar-refractivity contribution >= 4 is 22.8 Å². The van der Waals surface area contributed by atoms with E-state index in [-0.39, 0.29) is 11.9 Å². The topological polar surface area (TPSA) is 71.8 Å². The van der Waals surface area contributed by atoms with Gasteiger partial charge < -0.3 is 15.2 Å². The molecule has 1 unspecified atom stereocenters. The Morgan fingerprint density at radius 1 is 1.35 bits per heavy atom. The van der Waals surface area contributed by atoms with Gasteiger partial charge in [-0.3, -0.25) is 4.79 Å². The number of fused-ring (bicyclic) bond motifs is 1. The molecule has 1 atom stereocenters. The van der Waals surface area contributed by atoms with E-state index in [1.54, 1.807) is 12.5 Å². The third-order valence-corrected chi connectivity index (χ3v) is 3.07. The maximum Gasteiger partial charge on any atom is 0.242 e. The molecule has 0 aromatic carbocycles. The maximum absolute atomic E-state index is 12.0. The predicted octanol–water partition coefficient (Wildman–Crippen LogP) is 1.54. The molecule has 0 spiro atoms. The second-order valence-electron chi connectivity index (χ2n) is 5.39. The summed E-state index contributed by atoms with van der Waals surface area (Å²) >= 11 is 0. The van der Waals surface area contributed by atoms with Gasteiger partial charge in [-0.05, 0) is 18.9 Å². The lowest BCUT2D eigenvalue weighted by Gasteiger charge is -2.15. The van der Waals surface area contributed by atoms with Crippen molar-refractivity contribution in [2.24, 2.45) is 13.0 Å². The van der Waals surface area contributed by atoms with E-state index in [0.717, 1.165) is 11.0 Å². The quantitative estimate of drug-likeness (QED) is 0.868. The van der Waals surface area contributed by atoms with Gasteiger partial charge in [0.15, 0.2) is 5.82 Å². The zero-order chi connectivity index (χ0) is 14.7. The molecule has 0 aliphatic carbocycles. The average molecular weight is 275 g/mol. The van der Waals surface area contributed by atoms with Gasteiger partial charge in [-0.1, -0.05) is 13.8 Å². The molecule has 0 saturated carbocycles. The summed E-state index contributed by atoms with van der Waals surface area (Å²) in [5.74, 6) is 1.03. The molecular weight excluding hydrogens is 254 g/mol. The number of anilines is 1. The first kappa shape index (κ1) is 14.3. The molecule has 20 heavy (non-hydrogen) atoms. The van der Waals surface area contributed by atoms with E-state index in [0.29, 0.717) is 18.3 Å². The van der Waals surface area contributed by atoms with Crippen molar-refractivity contribution in [3.63, 3.8) is 0 Å². The molecule has 0 radical (unpaired) electrons. The van der Waals surface area contributed by atoms with Gasteiger partial charge >= 0.3 is 0 Å². The molecule has 108 valence electrons. The van der Waals surface area contributed by atoms with Gasteiger partial charge in [-0.25, -0.2) is 9.97 Å². The fraction of sp³-hybridized carbons (Fsp3) is 0.500. The Balaban J connectivity index is 2.10. The van der Waals surface area contributed by atoms with Crippen molar-refractivity contribution < 1.29 is 4.79 Å². The minimum absolute atomic E-state index is 0.0339. The second-order valence-corrected chi connectivity index (χ2v) is 5.39. The van der Waals surface area contributed by atoms with Crippen LogP contribution in [0.1, 0.15) is 20.8 Å². The Labute approximate surface area is 118 Å². The van der Waals surface area contributed by atoms with Crippen LogP contribution in [0.5, 0.6) is 0 Å². The smallest absolute Gasteiger partial charge is 0.242 e. The number of nitrogens with one attached hydrogen (secondary N) is 2. The van der Waals surface area contributed by atoms with Crippen molar-refractivity contribution in [1.29, 1.82) is 0 Å². The van der Waals surface area contributed by atoms with Crippen molar-refractivity contribution in [3.8, 4) is 0 Å². The zero-order valence-corrected chi connectivity index (χ0v) is 12.3. The van der Waals surface area contributed by atoms with E-state index in [1.807, 2.05) is 24.6 Å². The summed E-state index contributed by atoms with van der Waals surface area (Å²) in [5, 5.41) is 6.02. The normalized spacial score (nSPS) is 12.7. The van der Waals surface area contributed by atoms with Gasteiger partial charge in [0.25, 0.3) is 0 Å². The SMILES string of the molecule is CC(C)CNC(=O)C(C)Nc1nccc2c1ncn2C. The summed E-state index contributed by atoms with van der Waals surface area (Å²) in [6, 6.07) is 1.55. The molecule has 0 fully saturated rings. The molecule has 0 aliphatic heterocycles. The molecule has 0 bridgehead atoms. The monoisotopic (exact) mass is 275 g/mol. The summed E-state index contributed by atoms with van der Waals surface area (Å²) in [7, 11) is 1.93. The molecule has 6 nitrogen and oxygen atoms in total. The highest BCUT2D eigenvalue weighted by molar-refractivity contribution is 5.89. The van der Waals surface area contributed by atoms with E-state index < -0.39 is 0 Å². The van der Waals surface area contributed by atoms with Crippen molar-refractivity contribution in [3.05, 3.63) is 18.6 Å². The number of hydrogen-bond donors (Lipinski definition) is 2. The lowest BCUT2D eigenvalue weighted by atomic mass is 10.2. The molecule has 1 amide bonds. The zero-order valence-electron chi connectivity index (χ0n) is 12.3. The molecule has 0 aliphatic rings. The van der Waals surface area contributed by atoms with Gasteiger partial charge in [0.1, 0.15) is 11.6 Å². The van der Waals surface area contributed by atoms with E-state index in [9.17, 15) is 4.79 Å². The van der Waals surface area contributed by atoms with Crippen molar-refractivity contribution in [2.45, 2.75) is 26.8 Å². The van der Waals surface area contributed by atoms with Crippen LogP contribution in [0.25, 0.3) is 11.0 Å². The van der Waals surface area contributed by atoms with Crippen LogP contribution in [0.2, 0.25) is 0 Å². The minimum atomic E-state index is -0.353. The van der Waals surface area contributed by atoms with Crippen LogP contribution in [0.4, 0.5) is 5.82 Å². The number of hydrogen-bond acceptors (Lipinski definition) is 4. The standard InChI is InChI=1S/C14H21N5O/c1-9(2)7-16-14(20)10(3)18-13-12-11(5-6-15-13)19(4)8-17-12/h5-6,8-10H,7H2,1-4H3,(H,15,18)(H,16,20). The number of rotatable bonds is 5. The van der Waals surface area contributed by atoms with Crippen LogP contribution >= 0.6 is 0 Å². The Kier molecular flexibility index (Phi) is 4.22. The first-order valence-electron chi connectivity index (χ1n) is 6.79. The maximum atomic E-state index is 12.0. The molecule has 2 aromatic rings. The van der Waals surface area contributed by atoms with Gasteiger partial charge in [0.05, 0.1) is 11.8 Å². The number of aryl methyl sites for hydroxylation is 1. The second kappa shape index (κ2) is 5.90. The van der Waals surface area contributed by atoms with E-state index in [1.165, 1.54) is 0 Å². The van der Waals surface area contributed by atoms with E-state index >= 15 is 0 Å². The third kappa shape index (κ3) is 3.07. The van der Waals surface area contributed by atoms with Gasteiger partial charge in [-0.15, -0.1) is 0 Å². The van der Waals surface area contributed by atoms with Crippen molar-refractivity contribution in [1.82, 2.24) is 19.9 Å². The molecule has 2 heterocycles. The predicted molar refractivity (Wildman–Crippen MR) is 79.4 cm³/mol.